The number of hydrogen-bond acceptors (Lipinski definition) is 4. The van der Waals surface area contributed by atoms with Gasteiger partial charge in [0, 0.05) is 32.2 Å². The number of para-hydroxylation sites is 1. The van der Waals surface area contributed by atoms with Gasteiger partial charge >= 0.3 is 5.97 Å². The van der Waals surface area contributed by atoms with E-state index in [0.29, 0.717) is 13.0 Å². The average molecular weight is 311 g/mol. The van der Waals surface area contributed by atoms with Gasteiger partial charge in [-0.05, 0) is 26.0 Å². The molecule has 0 saturated carbocycles. The fourth-order valence-corrected chi connectivity index (χ4v) is 2.96. The number of benzene rings is 1. The second kappa shape index (κ2) is 7.66. The topological polar surface area (TPSA) is 32.8 Å². The van der Waals surface area contributed by atoms with Crippen LogP contribution in [0.1, 0.15) is 20.3 Å². The van der Waals surface area contributed by atoms with Gasteiger partial charge in [0.05, 0.1) is 23.7 Å². The molecule has 1 aromatic carbocycles. The summed E-state index contributed by atoms with van der Waals surface area (Å²) in [6.45, 7) is 8.10. The highest BCUT2D eigenvalue weighted by Gasteiger charge is 2.23. The number of ether oxygens (including phenoxy) is 1. The zero-order valence-corrected chi connectivity index (χ0v) is 13.5. The Balaban J connectivity index is 1.86. The summed E-state index contributed by atoms with van der Waals surface area (Å²) < 4.78 is 5.02. The summed E-state index contributed by atoms with van der Waals surface area (Å²) in [5, 5.41) is 0.797. The molecule has 5 heteroatoms. The Morgan fingerprint density at radius 3 is 2.57 bits per heavy atom. The molecule has 0 aliphatic carbocycles. The van der Waals surface area contributed by atoms with E-state index in [1.807, 2.05) is 25.1 Å². The Kier molecular flexibility index (Phi) is 5.88. The number of piperazine rings is 1. The third kappa shape index (κ3) is 4.35. The quantitative estimate of drug-likeness (QED) is 0.783. The second-order valence-electron chi connectivity index (χ2n) is 5.33. The van der Waals surface area contributed by atoms with Crippen molar-refractivity contribution in [2.45, 2.75) is 26.3 Å². The monoisotopic (exact) mass is 310 g/mol. The predicted molar refractivity (Wildman–Crippen MR) is 86.0 cm³/mol. The van der Waals surface area contributed by atoms with Crippen molar-refractivity contribution in [1.29, 1.82) is 0 Å². The van der Waals surface area contributed by atoms with Crippen LogP contribution in [0.3, 0.4) is 0 Å². The van der Waals surface area contributed by atoms with Crippen molar-refractivity contribution < 1.29 is 9.53 Å². The molecule has 0 spiro atoms. The zero-order valence-electron chi connectivity index (χ0n) is 12.7. The number of carbonyl (C=O) groups excluding carboxylic acids is 1. The Morgan fingerprint density at radius 1 is 1.29 bits per heavy atom. The molecule has 4 nitrogen and oxygen atoms in total. The lowest BCUT2D eigenvalue weighted by Gasteiger charge is -2.39. The lowest BCUT2D eigenvalue weighted by molar-refractivity contribution is -0.144. The Bertz CT molecular complexity index is 473. The lowest BCUT2D eigenvalue weighted by Crippen LogP contribution is -2.50. The molecule has 0 aromatic heterocycles. The molecule has 0 amide bonds. The van der Waals surface area contributed by atoms with Crippen LogP contribution in [0.4, 0.5) is 5.69 Å². The van der Waals surface area contributed by atoms with Gasteiger partial charge in [-0.15, -0.1) is 0 Å². The van der Waals surface area contributed by atoms with Crippen LogP contribution in [0.5, 0.6) is 0 Å². The number of anilines is 1. The predicted octanol–water partition coefficient (Wildman–Crippen LogP) is 2.80. The number of rotatable bonds is 5. The van der Waals surface area contributed by atoms with Crippen LogP contribution in [0, 0.1) is 0 Å². The number of carbonyl (C=O) groups is 1. The summed E-state index contributed by atoms with van der Waals surface area (Å²) >= 11 is 6.24. The van der Waals surface area contributed by atoms with E-state index < -0.39 is 0 Å². The highest BCUT2D eigenvalue weighted by Crippen LogP contribution is 2.26. The Hall–Kier alpha value is -1.26. The molecule has 116 valence electrons. The standard InChI is InChI=1S/C16H23ClN2O2/c1-3-21-16(20)12-13(2)18-8-10-19(11-9-18)15-7-5-4-6-14(15)17/h4-7,13H,3,8-12H2,1-2H3. The number of esters is 1. The maximum Gasteiger partial charge on any atom is 0.307 e. The first-order valence-corrected chi connectivity index (χ1v) is 7.88. The van der Waals surface area contributed by atoms with Gasteiger partial charge in [0.2, 0.25) is 0 Å². The molecule has 0 bridgehead atoms. The van der Waals surface area contributed by atoms with Gasteiger partial charge in [-0.25, -0.2) is 0 Å². The lowest BCUT2D eigenvalue weighted by atomic mass is 10.1. The third-order valence-corrected chi connectivity index (χ3v) is 4.22. The van der Waals surface area contributed by atoms with E-state index >= 15 is 0 Å². The van der Waals surface area contributed by atoms with Gasteiger partial charge in [0.1, 0.15) is 0 Å². The van der Waals surface area contributed by atoms with Crippen LogP contribution in [0.2, 0.25) is 5.02 Å². The second-order valence-corrected chi connectivity index (χ2v) is 5.74. The Labute approximate surface area is 131 Å². The largest absolute Gasteiger partial charge is 0.466 e. The molecular weight excluding hydrogens is 288 g/mol. The molecule has 0 radical (unpaired) electrons. The Morgan fingerprint density at radius 2 is 1.95 bits per heavy atom. The fraction of sp³-hybridized carbons (Fsp3) is 0.562. The SMILES string of the molecule is CCOC(=O)CC(C)N1CCN(c2ccccc2Cl)CC1. The van der Waals surface area contributed by atoms with Crippen molar-refractivity contribution in [2.24, 2.45) is 0 Å². The van der Waals surface area contributed by atoms with Gasteiger partial charge in [-0.2, -0.15) is 0 Å². The van der Waals surface area contributed by atoms with Crippen LogP contribution in [0.25, 0.3) is 0 Å². The summed E-state index contributed by atoms with van der Waals surface area (Å²) in [6.07, 6.45) is 0.458. The van der Waals surface area contributed by atoms with Gasteiger partial charge in [-0.1, -0.05) is 23.7 Å². The van der Waals surface area contributed by atoms with Gasteiger partial charge in [0.25, 0.3) is 0 Å². The van der Waals surface area contributed by atoms with E-state index in [2.05, 4.69) is 22.8 Å². The molecule has 1 aliphatic heterocycles. The van der Waals surface area contributed by atoms with Crippen molar-refractivity contribution in [2.75, 3.05) is 37.7 Å². The van der Waals surface area contributed by atoms with Crippen LogP contribution >= 0.6 is 11.6 Å². The summed E-state index contributed by atoms with van der Waals surface area (Å²) in [5.74, 6) is -0.112. The first kappa shape index (κ1) is 16.1. The molecule has 2 rings (SSSR count). The van der Waals surface area contributed by atoms with Crippen LogP contribution < -0.4 is 4.90 Å². The van der Waals surface area contributed by atoms with E-state index in [-0.39, 0.29) is 12.0 Å². The minimum atomic E-state index is -0.112. The third-order valence-electron chi connectivity index (χ3n) is 3.90. The van der Waals surface area contributed by atoms with E-state index in [9.17, 15) is 4.79 Å². The van der Waals surface area contributed by atoms with E-state index in [0.717, 1.165) is 36.9 Å². The zero-order chi connectivity index (χ0) is 15.2. The van der Waals surface area contributed by atoms with Crippen molar-refractivity contribution in [3.8, 4) is 0 Å². The molecule has 1 heterocycles. The maximum absolute atomic E-state index is 11.5. The average Bonchev–Trinajstić information content (AvgIpc) is 2.48. The maximum atomic E-state index is 11.5. The van der Waals surface area contributed by atoms with Gasteiger partial charge in [0.15, 0.2) is 0 Å². The molecule has 1 saturated heterocycles. The van der Waals surface area contributed by atoms with E-state index in [1.54, 1.807) is 0 Å². The molecule has 1 aromatic rings. The van der Waals surface area contributed by atoms with Crippen LogP contribution in [-0.4, -0.2) is 49.7 Å². The highest BCUT2D eigenvalue weighted by molar-refractivity contribution is 6.33. The summed E-state index contributed by atoms with van der Waals surface area (Å²) in [7, 11) is 0. The number of nitrogens with zero attached hydrogens (tertiary/aromatic N) is 2. The highest BCUT2D eigenvalue weighted by atomic mass is 35.5. The minimum Gasteiger partial charge on any atom is -0.466 e. The first-order chi connectivity index (χ1) is 10.1. The smallest absolute Gasteiger partial charge is 0.307 e. The fourth-order valence-electron chi connectivity index (χ4n) is 2.70. The van der Waals surface area contributed by atoms with Crippen molar-refractivity contribution in [3.63, 3.8) is 0 Å². The first-order valence-electron chi connectivity index (χ1n) is 7.51. The summed E-state index contributed by atoms with van der Waals surface area (Å²) in [5.41, 5.74) is 1.09. The summed E-state index contributed by atoms with van der Waals surface area (Å²) in [4.78, 5) is 16.2. The molecule has 1 aliphatic rings. The van der Waals surface area contributed by atoms with Gasteiger partial charge in [-0.3, -0.25) is 9.69 Å². The van der Waals surface area contributed by atoms with Crippen LogP contribution in [-0.2, 0) is 9.53 Å². The molecule has 21 heavy (non-hydrogen) atoms. The number of hydrogen-bond donors (Lipinski definition) is 0. The summed E-state index contributed by atoms with van der Waals surface area (Å²) in [6, 6.07) is 8.16. The van der Waals surface area contributed by atoms with E-state index in [4.69, 9.17) is 16.3 Å². The molecule has 1 unspecified atom stereocenters. The van der Waals surface area contributed by atoms with Crippen LogP contribution in [0.15, 0.2) is 24.3 Å². The molecule has 1 atom stereocenters. The van der Waals surface area contributed by atoms with Gasteiger partial charge < -0.3 is 9.64 Å². The normalized spacial score (nSPS) is 17.6. The molecule has 1 fully saturated rings. The van der Waals surface area contributed by atoms with Crippen molar-refractivity contribution in [1.82, 2.24) is 4.90 Å². The van der Waals surface area contributed by atoms with Crippen molar-refractivity contribution in [3.05, 3.63) is 29.3 Å². The minimum absolute atomic E-state index is 0.112. The molecule has 0 N–H and O–H groups in total. The van der Waals surface area contributed by atoms with Crippen molar-refractivity contribution >= 4 is 23.3 Å². The van der Waals surface area contributed by atoms with E-state index in [1.165, 1.54) is 0 Å². The number of halogens is 1. The molecular formula is C16H23ClN2O2.